The Morgan fingerprint density at radius 3 is 2.30 bits per heavy atom. The average molecular weight is 327 g/mol. The van der Waals surface area contributed by atoms with E-state index in [1.165, 1.54) is 5.56 Å². The first kappa shape index (κ1) is 17.6. The van der Waals surface area contributed by atoms with Crippen molar-refractivity contribution >= 4 is 11.0 Å². The zero-order valence-corrected chi connectivity index (χ0v) is 14.9. The highest BCUT2D eigenvalue weighted by Gasteiger charge is 2.30. The van der Waals surface area contributed by atoms with Crippen LogP contribution in [-0.2, 0) is 15.7 Å². The van der Waals surface area contributed by atoms with Gasteiger partial charge in [-0.05, 0) is 38.3 Å². The van der Waals surface area contributed by atoms with Crippen molar-refractivity contribution in [3.8, 4) is 0 Å². The molecular formula is C20H25NOS. The van der Waals surface area contributed by atoms with Crippen molar-refractivity contribution < 1.29 is 4.21 Å². The Morgan fingerprint density at radius 1 is 1.13 bits per heavy atom. The van der Waals surface area contributed by atoms with E-state index < -0.39 is 15.7 Å². The Kier molecular flexibility index (Phi) is 5.91. The van der Waals surface area contributed by atoms with Crippen molar-refractivity contribution in [2.75, 3.05) is 0 Å². The van der Waals surface area contributed by atoms with Crippen LogP contribution < -0.4 is 4.72 Å². The van der Waals surface area contributed by atoms with Gasteiger partial charge in [0.1, 0.15) is 11.0 Å². The predicted molar refractivity (Wildman–Crippen MR) is 99.5 cm³/mol. The molecule has 3 heteroatoms. The molecule has 0 saturated heterocycles. The Labute approximate surface area is 142 Å². The molecular weight excluding hydrogens is 302 g/mol. The second-order valence-electron chi connectivity index (χ2n) is 6.25. The summed E-state index contributed by atoms with van der Waals surface area (Å²) in [5, 5.41) is 0. The largest absolute Gasteiger partial charge is 0.242 e. The minimum atomic E-state index is -1.22. The Balaban J connectivity index is 2.20. The molecule has 2 aromatic rings. The molecule has 23 heavy (non-hydrogen) atoms. The second-order valence-corrected chi connectivity index (χ2v) is 8.04. The standard InChI is InChI=1S/C20H25NOS/c1-5-9-19(17-14-12-16(2)13-15-17)21-23(22)20(3,4)18-10-7-6-8-11-18/h5-8,10-15,19,21H,1,9H2,2-4H3/t19-,23+/m0/s1. The second kappa shape index (κ2) is 7.71. The molecule has 0 fully saturated rings. The van der Waals surface area contributed by atoms with E-state index in [-0.39, 0.29) is 6.04 Å². The van der Waals surface area contributed by atoms with Crippen LogP contribution in [0.15, 0.2) is 67.3 Å². The molecule has 0 aromatic heterocycles. The number of benzene rings is 2. The van der Waals surface area contributed by atoms with E-state index in [2.05, 4.69) is 42.5 Å². The van der Waals surface area contributed by atoms with Crippen LogP contribution >= 0.6 is 0 Å². The Bertz CT molecular complexity index is 662. The van der Waals surface area contributed by atoms with Crippen molar-refractivity contribution in [2.24, 2.45) is 0 Å². The normalized spacial score (nSPS) is 14.2. The summed E-state index contributed by atoms with van der Waals surface area (Å²) in [7, 11) is -1.22. The van der Waals surface area contributed by atoms with Crippen molar-refractivity contribution in [1.82, 2.24) is 4.72 Å². The Hall–Kier alpha value is -1.71. The van der Waals surface area contributed by atoms with E-state index in [9.17, 15) is 4.21 Å². The lowest BCUT2D eigenvalue weighted by molar-refractivity contribution is 0.596. The molecule has 1 N–H and O–H groups in total. The van der Waals surface area contributed by atoms with Crippen molar-refractivity contribution in [3.63, 3.8) is 0 Å². The highest BCUT2D eigenvalue weighted by molar-refractivity contribution is 7.84. The summed E-state index contributed by atoms with van der Waals surface area (Å²) < 4.78 is 15.8. The number of aryl methyl sites for hydroxylation is 1. The first-order chi connectivity index (χ1) is 10.9. The SMILES string of the molecule is C=CC[C@H](N[S@](=O)C(C)(C)c1ccccc1)c1ccc(C)cc1. The molecule has 0 heterocycles. The quantitative estimate of drug-likeness (QED) is 0.727. The van der Waals surface area contributed by atoms with E-state index in [0.717, 1.165) is 17.5 Å². The summed E-state index contributed by atoms with van der Waals surface area (Å²) in [5.41, 5.74) is 3.41. The monoisotopic (exact) mass is 327 g/mol. The van der Waals surface area contributed by atoms with Gasteiger partial charge in [0.15, 0.2) is 0 Å². The molecule has 0 unspecified atom stereocenters. The minimum Gasteiger partial charge on any atom is -0.242 e. The summed E-state index contributed by atoms with van der Waals surface area (Å²) in [6.45, 7) is 9.91. The smallest absolute Gasteiger partial charge is 0.102 e. The van der Waals surface area contributed by atoms with Gasteiger partial charge in [0, 0.05) is 6.04 Å². The van der Waals surface area contributed by atoms with Crippen molar-refractivity contribution in [3.05, 3.63) is 83.9 Å². The van der Waals surface area contributed by atoms with Gasteiger partial charge in [-0.15, -0.1) is 6.58 Å². The van der Waals surface area contributed by atoms with Gasteiger partial charge in [-0.25, -0.2) is 8.93 Å². The molecule has 2 atom stereocenters. The summed E-state index contributed by atoms with van der Waals surface area (Å²) in [5.74, 6) is 0. The number of hydrogen-bond donors (Lipinski definition) is 1. The maximum absolute atomic E-state index is 13.0. The molecule has 0 bridgehead atoms. The molecule has 0 amide bonds. The van der Waals surface area contributed by atoms with Gasteiger partial charge in [0.2, 0.25) is 0 Å². The van der Waals surface area contributed by atoms with Crippen LogP contribution in [0.5, 0.6) is 0 Å². The highest BCUT2D eigenvalue weighted by atomic mass is 32.2. The lowest BCUT2D eigenvalue weighted by Crippen LogP contribution is -2.36. The fourth-order valence-corrected chi connectivity index (χ4v) is 3.58. The zero-order valence-electron chi connectivity index (χ0n) is 14.1. The molecule has 2 aromatic carbocycles. The molecule has 0 aliphatic rings. The first-order valence-corrected chi connectivity index (χ1v) is 9.01. The van der Waals surface area contributed by atoms with Gasteiger partial charge >= 0.3 is 0 Å². The number of hydrogen-bond acceptors (Lipinski definition) is 1. The summed E-state index contributed by atoms with van der Waals surface area (Å²) in [6, 6.07) is 18.3. The summed E-state index contributed by atoms with van der Waals surface area (Å²) in [6.07, 6.45) is 2.60. The Morgan fingerprint density at radius 2 is 1.74 bits per heavy atom. The van der Waals surface area contributed by atoms with E-state index >= 15 is 0 Å². The fraction of sp³-hybridized carbons (Fsp3) is 0.300. The van der Waals surface area contributed by atoms with Gasteiger partial charge in [-0.3, -0.25) is 0 Å². The van der Waals surface area contributed by atoms with Crippen LogP contribution in [0.3, 0.4) is 0 Å². The lowest BCUT2D eigenvalue weighted by atomic mass is 10.0. The molecule has 0 aliphatic heterocycles. The summed E-state index contributed by atoms with van der Waals surface area (Å²) in [4.78, 5) is 0. The summed E-state index contributed by atoms with van der Waals surface area (Å²) >= 11 is 0. The van der Waals surface area contributed by atoms with E-state index in [4.69, 9.17) is 0 Å². The first-order valence-electron chi connectivity index (χ1n) is 7.86. The van der Waals surface area contributed by atoms with Gasteiger partial charge in [-0.2, -0.15) is 0 Å². The van der Waals surface area contributed by atoms with Crippen LogP contribution in [0, 0.1) is 6.92 Å². The fourth-order valence-electron chi connectivity index (χ4n) is 2.44. The highest BCUT2D eigenvalue weighted by Crippen LogP contribution is 2.28. The molecule has 0 radical (unpaired) electrons. The predicted octanol–water partition coefficient (Wildman–Crippen LogP) is 4.80. The van der Waals surface area contributed by atoms with Crippen LogP contribution in [0.1, 0.15) is 43.0 Å². The van der Waals surface area contributed by atoms with Gasteiger partial charge < -0.3 is 0 Å². The third-order valence-electron chi connectivity index (χ3n) is 4.06. The third-order valence-corrected chi connectivity index (χ3v) is 5.73. The molecule has 2 nitrogen and oxygen atoms in total. The molecule has 0 aliphatic carbocycles. The van der Waals surface area contributed by atoms with Gasteiger partial charge in [-0.1, -0.05) is 66.2 Å². The topological polar surface area (TPSA) is 29.1 Å². The van der Waals surface area contributed by atoms with Gasteiger partial charge in [0.05, 0.1) is 4.75 Å². The number of nitrogens with one attached hydrogen (secondary N) is 1. The maximum Gasteiger partial charge on any atom is 0.102 e. The van der Waals surface area contributed by atoms with E-state index in [1.54, 1.807) is 0 Å². The molecule has 2 rings (SSSR count). The third kappa shape index (κ3) is 4.40. The van der Waals surface area contributed by atoms with Gasteiger partial charge in [0.25, 0.3) is 0 Å². The molecule has 0 saturated carbocycles. The average Bonchev–Trinajstić information content (AvgIpc) is 2.56. The zero-order chi connectivity index (χ0) is 16.9. The molecule has 122 valence electrons. The van der Waals surface area contributed by atoms with Crippen molar-refractivity contribution in [2.45, 2.75) is 38.0 Å². The maximum atomic E-state index is 13.0. The van der Waals surface area contributed by atoms with Crippen LogP contribution in [0.2, 0.25) is 0 Å². The molecule has 0 spiro atoms. The number of rotatable bonds is 7. The van der Waals surface area contributed by atoms with Crippen LogP contribution in [-0.4, -0.2) is 4.21 Å². The van der Waals surface area contributed by atoms with E-state index in [0.29, 0.717) is 0 Å². The lowest BCUT2D eigenvalue weighted by Gasteiger charge is -2.28. The van der Waals surface area contributed by atoms with E-state index in [1.807, 2.05) is 50.3 Å². The minimum absolute atomic E-state index is 0.00285. The van der Waals surface area contributed by atoms with Crippen molar-refractivity contribution in [1.29, 1.82) is 0 Å². The van der Waals surface area contributed by atoms with Crippen LogP contribution in [0.4, 0.5) is 0 Å². The van der Waals surface area contributed by atoms with Crippen LogP contribution in [0.25, 0.3) is 0 Å².